The van der Waals surface area contributed by atoms with E-state index < -0.39 is 11.0 Å². The van der Waals surface area contributed by atoms with Gasteiger partial charge >= 0.3 is 0 Å². The Bertz CT molecular complexity index is 385. The van der Waals surface area contributed by atoms with E-state index in [1.165, 1.54) is 12.1 Å². The minimum absolute atomic E-state index is 0.0555. The summed E-state index contributed by atoms with van der Waals surface area (Å²) >= 11 is 0. The van der Waals surface area contributed by atoms with Crippen LogP contribution in [0.2, 0.25) is 0 Å². The molecule has 1 aromatic rings. The first-order valence-corrected chi connectivity index (χ1v) is 5.82. The van der Waals surface area contributed by atoms with Crippen LogP contribution in [0.25, 0.3) is 0 Å². The summed E-state index contributed by atoms with van der Waals surface area (Å²) in [6.45, 7) is 1.01. The van der Waals surface area contributed by atoms with Gasteiger partial charge in [0, 0.05) is 18.2 Å². The van der Waals surface area contributed by atoms with E-state index in [0.29, 0.717) is 12.5 Å². The highest BCUT2D eigenvalue weighted by atomic mass is 16.6. The lowest BCUT2D eigenvalue weighted by Gasteiger charge is -2.15. The predicted octanol–water partition coefficient (Wildman–Crippen LogP) is 1.77. The van der Waals surface area contributed by atoms with Crippen molar-refractivity contribution in [3.63, 3.8) is 0 Å². The number of nitrogens with zero attached hydrogens (tertiary/aromatic N) is 1. The molecule has 1 fully saturated rings. The zero-order valence-electron chi connectivity index (χ0n) is 9.50. The van der Waals surface area contributed by atoms with Crippen molar-refractivity contribution in [2.45, 2.75) is 31.4 Å². The Morgan fingerprint density at radius 3 is 2.71 bits per heavy atom. The zero-order valence-corrected chi connectivity index (χ0v) is 9.50. The lowest BCUT2D eigenvalue weighted by Crippen LogP contribution is -2.23. The van der Waals surface area contributed by atoms with Gasteiger partial charge < -0.3 is 10.4 Å². The number of benzene rings is 1. The summed E-state index contributed by atoms with van der Waals surface area (Å²) in [6.07, 6.45) is 2.35. The zero-order chi connectivity index (χ0) is 12.3. The summed E-state index contributed by atoms with van der Waals surface area (Å²) in [6, 6.07) is 6.47. The minimum atomic E-state index is -0.550. The summed E-state index contributed by atoms with van der Waals surface area (Å²) in [5.41, 5.74) is 0.796. The number of non-ortho nitro benzene ring substituents is 1. The van der Waals surface area contributed by atoms with Gasteiger partial charge in [-0.15, -0.1) is 0 Å². The Kier molecular flexibility index (Phi) is 3.71. The van der Waals surface area contributed by atoms with Crippen molar-refractivity contribution in [1.29, 1.82) is 0 Å². The molecule has 1 saturated heterocycles. The van der Waals surface area contributed by atoms with Gasteiger partial charge in [0.2, 0.25) is 0 Å². The number of aliphatic hydroxyl groups is 1. The average Bonchev–Trinajstić information content (AvgIpc) is 2.82. The standard InChI is InChI=1S/C12H16N2O3/c15-12(8-10-2-1-7-13-10)9-3-5-11(6-4-9)14(16)17/h3-6,10,12-13,15H,1-2,7-8H2. The van der Waals surface area contributed by atoms with E-state index in [4.69, 9.17) is 0 Å². The quantitative estimate of drug-likeness (QED) is 0.617. The maximum Gasteiger partial charge on any atom is 0.269 e. The third-order valence-electron chi connectivity index (χ3n) is 3.16. The minimum Gasteiger partial charge on any atom is -0.388 e. The van der Waals surface area contributed by atoms with E-state index >= 15 is 0 Å². The normalized spacial score (nSPS) is 21.4. The first-order chi connectivity index (χ1) is 8.16. The van der Waals surface area contributed by atoms with Gasteiger partial charge in [-0.05, 0) is 43.5 Å². The number of hydrogen-bond acceptors (Lipinski definition) is 4. The van der Waals surface area contributed by atoms with Crippen LogP contribution >= 0.6 is 0 Å². The van der Waals surface area contributed by atoms with Crippen LogP contribution in [-0.4, -0.2) is 22.6 Å². The average molecular weight is 236 g/mol. The first-order valence-electron chi connectivity index (χ1n) is 5.82. The van der Waals surface area contributed by atoms with E-state index in [0.717, 1.165) is 24.9 Å². The van der Waals surface area contributed by atoms with Crippen molar-refractivity contribution >= 4 is 5.69 Å². The number of hydrogen-bond donors (Lipinski definition) is 2. The summed E-state index contributed by atoms with van der Waals surface area (Å²) in [4.78, 5) is 10.1. The number of aliphatic hydroxyl groups excluding tert-OH is 1. The Morgan fingerprint density at radius 1 is 1.47 bits per heavy atom. The number of nitrogens with one attached hydrogen (secondary N) is 1. The summed E-state index contributed by atoms with van der Waals surface area (Å²) < 4.78 is 0. The molecule has 0 spiro atoms. The van der Waals surface area contributed by atoms with Gasteiger partial charge in [-0.25, -0.2) is 0 Å². The van der Waals surface area contributed by atoms with Gasteiger partial charge in [0.05, 0.1) is 11.0 Å². The molecule has 92 valence electrons. The summed E-state index contributed by atoms with van der Waals surface area (Å²) in [5, 5.41) is 23.8. The molecular weight excluding hydrogens is 220 g/mol. The Morgan fingerprint density at radius 2 is 2.18 bits per heavy atom. The number of nitro benzene ring substituents is 1. The second kappa shape index (κ2) is 5.25. The van der Waals surface area contributed by atoms with E-state index in [-0.39, 0.29) is 5.69 Å². The monoisotopic (exact) mass is 236 g/mol. The summed E-state index contributed by atoms with van der Waals surface area (Å²) in [7, 11) is 0. The molecule has 0 radical (unpaired) electrons. The third kappa shape index (κ3) is 3.01. The smallest absolute Gasteiger partial charge is 0.269 e. The van der Waals surface area contributed by atoms with Crippen LogP contribution in [0.4, 0.5) is 5.69 Å². The molecule has 1 heterocycles. The van der Waals surface area contributed by atoms with Crippen LogP contribution in [0.5, 0.6) is 0 Å². The van der Waals surface area contributed by atoms with Gasteiger partial charge in [0.15, 0.2) is 0 Å². The molecule has 1 aromatic carbocycles. The molecule has 2 atom stereocenters. The van der Waals surface area contributed by atoms with E-state index in [1.807, 2.05) is 0 Å². The molecule has 2 rings (SSSR count). The number of rotatable bonds is 4. The fraction of sp³-hybridized carbons (Fsp3) is 0.500. The maximum atomic E-state index is 10.5. The molecule has 5 heteroatoms. The van der Waals surface area contributed by atoms with Gasteiger partial charge in [-0.1, -0.05) is 0 Å². The molecule has 2 unspecified atom stereocenters. The van der Waals surface area contributed by atoms with Crippen molar-refractivity contribution < 1.29 is 10.0 Å². The fourth-order valence-corrected chi connectivity index (χ4v) is 2.18. The molecule has 0 bridgehead atoms. The van der Waals surface area contributed by atoms with Crippen molar-refractivity contribution in [1.82, 2.24) is 5.32 Å². The molecule has 0 aliphatic carbocycles. The molecule has 1 aliphatic rings. The Labute approximate surface area is 99.6 Å². The van der Waals surface area contributed by atoms with Gasteiger partial charge in [-0.3, -0.25) is 10.1 Å². The SMILES string of the molecule is O=[N+]([O-])c1ccc(C(O)CC2CCCN2)cc1. The second-order valence-electron chi connectivity index (χ2n) is 4.39. The summed E-state index contributed by atoms with van der Waals surface area (Å²) in [5.74, 6) is 0. The van der Waals surface area contributed by atoms with Crippen LogP contribution in [-0.2, 0) is 0 Å². The van der Waals surface area contributed by atoms with Crippen LogP contribution in [0.3, 0.4) is 0 Å². The van der Waals surface area contributed by atoms with Crippen molar-refractivity contribution in [2.24, 2.45) is 0 Å². The van der Waals surface area contributed by atoms with Crippen molar-refractivity contribution in [3.05, 3.63) is 39.9 Å². The highest BCUT2D eigenvalue weighted by molar-refractivity contribution is 5.33. The van der Waals surface area contributed by atoms with E-state index in [9.17, 15) is 15.2 Å². The van der Waals surface area contributed by atoms with Crippen LogP contribution < -0.4 is 5.32 Å². The molecule has 17 heavy (non-hydrogen) atoms. The largest absolute Gasteiger partial charge is 0.388 e. The van der Waals surface area contributed by atoms with Gasteiger partial charge in [-0.2, -0.15) is 0 Å². The van der Waals surface area contributed by atoms with Crippen molar-refractivity contribution in [2.75, 3.05) is 6.54 Å². The van der Waals surface area contributed by atoms with Gasteiger partial charge in [0.1, 0.15) is 0 Å². The van der Waals surface area contributed by atoms with Crippen LogP contribution in [0.1, 0.15) is 30.9 Å². The van der Waals surface area contributed by atoms with Crippen molar-refractivity contribution in [3.8, 4) is 0 Å². The van der Waals surface area contributed by atoms with Gasteiger partial charge in [0.25, 0.3) is 5.69 Å². The molecule has 2 N–H and O–H groups in total. The van der Waals surface area contributed by atoms with Crippen LogP contribution in [0, 0.1) is 10.1 Å². The lowest BCUT2D eigenvalue weighted by atomic mass is 10.0. The Balaban J connectivity index is 1.98. The second-order valence-corrected chi connectivity index (χ2v) is 4.39. The van der Waals surface area contributed by atoms with E-state index in [1.54, 1.807) is 12.1 Å². The molecule has 0 aromatic heterocycles. The molecule has 5 nitrogen and oxygen atoms in total. The first kappa shape index (κ1) is 12.0. The highest BCUT2D eigenvalue weighted by Crippen LogP contribution is 2.23. The Hall–Kier alpha value is -1.46. The van der Waals surface area contributed by atoms with E-state index in [2.05, 4.69) is 5.32 Å². The number of nitro groups is 1. The third-order valence-corrected chi connectivity index (χ3v) is 3.16. The van der Waals surface area contributed by atoms with Crippen LogP contribution in [0.15, 0.2) is 24.3 Å². The topological polar surface area (TPSA) is 75.4 Å². The molecular formula is C12H16N2O3. The molecule has 1 aliphatic heterocycles. The highest BCUT2D eigenvalue weighted by Gasteiger charge is 2.19. The predicted molar refractivity (Wildman–Crippen MR) is 63.7 cm³/mol. The molecule has 0 amide bonds. The fourth-order valence-electron chi connectivity index (χ4n) is 2.18. The lowest BCUT2D eigenvalue weighted by molar-refractivity contribution is -0.384. The maximum absolute atomic E-state index is 10.5. The molecule has 0 saturated carbocycles.